The molecule has 0 atom stereocenters. The van der Waals surface area contributed by atoms with Gasteiger partial charge in [-0.15, -0.1) is 0 Å². The molecule has 0 spiro atoms. The number of hydrogen-bond acceptors (Lipinski definition) is 5. The first kappa shape index (κ1) is 18.9. The summed E-state index contributed by atoms with van der Waals surface area (Å²) in [5.41, 5.74) is 0. The molecule has 0 bridgehead atoms. The summed E-state index contributed by atoms with van der Waals surface area (Å²) in [6.07, 6.45) is 0.357. The fourth-order valence-corrected chi connectivity index (χ4v) is 2.26. The Hall–Kier alpha value is -1.18. The number of ether oxygens (including phenoxy) is 1. The van der Waals surface area contributed by atoms with Crippen LogP contribution in [0.5, 0.6) is 0 Å². The SMILES string of the molecule is CC(=O)N(CCC(=O)NCCN(C)C)CCN1CCOCC1. The minimum Gasteiger partial charge on any atom is -0.379 e. The smallest absolute Gasteiger partial charge is 0.221 e. The van der Waals surface area contributed by atoms with Gasteiger partial charge < -0.3 is 19.9 Å². The average Bonchev–Trinajstić information content (AvgIpc) is 2.47. The lowest BCUT2D eigenvalue weighted by Crippen LogP contribution is -2.43. The summed E-state index contributed by atoms with van der Waals surface area (Å²) in [5, 5.41) is 2.87. The molecule has 0 radical (unpaired) electrons. The Morgan fingerprint density at radius 1 is 1.14 bits per heavy atom. The third kappa shape index (κ3) is 8.31. The fourth-order valence-electron chi connectivity index (χ4n) is 2.26. The predicted octanol–water partition coefficient (Wildman–Crippen LogP) is -0.765. The molecule has 1 heterocycles. The van der Waals surface area contributed by atoms with E-state index in [9.17, 15) is 9.59 Å². The first-order valence-corrected chi connectivity index (χ1v) is 7.96. The molecule has 1 aliphatic rings. The van der Waals surface area contributed by atoms with Crippen molar-refractivity contribution < 1.29 is 14.3 Å². The molecule has 0 aromatic carbocycles. The van der Waals surface area contributed by atoms with Crippen molar-refractivity contribution in [2.75, 3.05) is 73.1 Å². The molecule has 0 saturated carbocycles. The van der Waals surface area contributed by atoms with Crippen LogP contribution in [0.4, 0.5) is 0 Å². The molecule has 1 fully saturated rings. The maximum atomic E-state index is 11.8. The first-order chi connectivity index (χ1) is 10.5. The van der Waals surface area contributed by atoms with Gasteiger partial charge in [-0.25, -0.2) is 0 Å². The summed E-state index contributed by atoms with van der Waals surface area (Å²) in [4.78, 5) is 29.5. The molecular formula is C15H30N4O3. The Bertz CT molecular complexity index is 344. The number of morpholine rings is 1. The first-order valence-electron chi connectivity index (χ1n) is 7.96. The van der Waals surface area contributed by atoms with Crippen LogP contribution >= 0.6 is 0 Å². The number of nitrogens with one attached hydrogen (secondary N) is 1. The highest BCUT2D eigenvalue weighted by atomic mass is 16.5. The highest BCUT2D eigenvalue weighted by Gasteiger charge is 2.15. The number of hydrogen-bond donors (Lipinski definition) is 1. The Morgan fingerprint density at radius 2 is 1.82 bits per heavy atom. The molecule has 2 amide bonds. The van der Waals surface area contributed by atoms with Crippen LogP contribution in [0.3, 0.4) is 0 Å². The molecule has 0 aliphatic carbocycles. The largest absolute Gasteiger partial charge is 0.379 e. The molecule has 0 aromatic heterocycles. The van der Waals surface area contributed by atoms with Gasteiger partial charge in [0.25, 0.3) is 0 Å². The lowest BCUT2D eigenvalue weighted by molar-refractivity contribution is -0.130. The zero-order valence-corrected chi connectivity index (χ0v) is 14.1. The van der Waals surface area contributed by atoms with Gasteiger partial charge in [-0.3, -0.25) is 14.5 Å². The van der Waals surface area contributed by atoms with Gasteiger partial charge in [0.05, 0.1) is 13.2 Å². The summed E-state index contributed by atoms with van der Waals surface area (Å²) in [7, 11) is 3.94. The van der Waals surface area contributed by atoms with E-state index >= 15 is 0 Å². The topological polar surface area (TPSA) is 65.1 Å². The standard InChI is InChI=1S/C15H30N4O3/c1-14(20)19(9-8-18-10-12-22-13-11-18)6-4-15(21)16-5-7-17(2)3/h4-13H2,1-3H3,(H,16,21). The van der Waals surface area contributed by atoms with Gasteiger partial charge in [-0.2, -0.15) is 0 Å². The second kappa shape index (κ2) is 10.5. The normalized spacial score (nSPS) is 15.8. The van der Waals surface area contributed by atoms with Crippen molar-refractivity contribution in [1.82, 2.24) is 20.0 Å². The van der Waals surface area contributed by atoms with Gasteiger partial charge >= 0.3 is 0 Å². The van der Waals surface area contributed by atoms with Crippen molar-refractivity contribution in [2.45, 2.75) is 13.3 Å². The summed E-state index contributed by atoms with van der Waals surface area (Å²) in [6, 6.07) is 0. The highest BCUT2D eigenvalue weighted by Crippen LogP contribution is 1.99. The number of likely N-dealkylation sites (N-methyl/N-ethyl adjacent to an activating group) is 1. The molecule has 7 heteroatoms. The zero-order chi connectivity index (χ0) is 16.4. The Labute approximate surface area is 133 Å². The van der Waals surface area contributed by atoms with Crippen LogP contribution in [0.25, 0.3) is 0 Å². The van der Waals surface area contributed by atoms with Crippen molar-refractivity contribution in [1.29, 1.82) is 0 Å². The second-order valence-electron chi connectivity index (χ2n) is 5.86. The summed E-state index contributed by atoms with van der Waals surface area (Å²) >= 11 is 0. The molecule has 1 aliphatic heterocycles. The lowest BCUT2D eigenvalue weighted by atomic mass is 10.3. The quantitative estimate of drug-likeness (QED) is 0.606. The highest BCUT2D eigenvalue weighted by molar-refractivity contribution is 5.77. The van der Waals surface area contributed by atoms with E-state index in [0.29, 0.717) is 26.1 Å². The number of carbonyl (C=O) groups excluding carboxylic acids is 2. The minimum absolute atomic E-state index is 0.000488. The predicted molar refractivity (Wildman–Crippen MR) is 85.7 cm³/mol. The maximum Gasteiger partial charge on any atom is 0.221 e. The lowest BCUT2D eigenvalue weighted by Gasteiger charge is -2.29. The number of nitrogens with zero attached hydrogens (tertiary/aromatic N) is 3. The molecule has 1 saturated heterocycles. The van der Waals surface area contributed by atoms with E-state index < -0.39 is 0 Å². The average molecular weight is 314 g/mol. The van der Waals surface area contributed by atoms with E-state index in [1.54, 1.807) is 11.8 Å². The zero-order valence-electron chi connectivity index (χ0n) is 14.1. The van der Waals surface area contributed by atoms with Gasteiger partial charge in [-0.1, -0.05) is 0 Å². The van der Waals surface area contributed by atoms with Crippen molar-refractivity contribution in [3.63, 3.8) is 0 Å². The van der Waals surface area contributed by atoms with Crippen LogP contribution in [0, 0.1) is 0 Å². The number of amides is 2. The Kier molecular flexibility index (Phi) is 9.03. The molecule has 22 heavy (non-hydrogen) atoms. The molecular weight excluding hydrogens is 284 g/mol. The van der Waals surface area contributed by atoms with Crippen LogP contribution in [-0.2, 0) is 14.3 Å². The van der Waals surface area contributed by atoms with Crippen LogP contribution in [0.15, 0.2) is 0 Å². The summed E-state index contributed by atoms with van der Waals surface area (Å²) in [6.45, 7) is 8.34. The van der Waals surface area contributed by atoms with Gasteiger partial charge in [0, 0.05) is 59.2 Å². The Balaban J connectivity index is 2.22. The van der Waals surface area contributed by atoms with Gasteiger partial charge in [0.15, 0.2) is 0 Å². The monoisotopic (exact) mass is 314 g/mol. The minimum atomic E-state index is -0.000488. The van der Waals surface area contributed by atoms with Crippen molar-refractivity contribution in [3.8, 4) is 0 Å². The van der Waals surface area contributed by atoms with E-state index in [2.05, 4.69) is 10.2 Å². The molecule has 128 valence electrons. The van der Waals surface area contributed by atoms with Crippen molar-refractivity contribution >= 4 is 11.8 Å². The van der Waals surface area contributed by atoms with Gasteiger partial charge in [0.2, 0.25) is 11.8 Å². The number of rotatable bonds is 9. The molecule has 7 nitrogen and oxygen atoms in total. The molecule has 1 rings (SSSR count). The van der Waals surface area contributed by atoms with Gasteiger partial charge in [0.1, 0.15) is 0 Å². The molecule has 0 aromatic rings. The third-order valence-corrected chi connectivity index (χ3v) is 3.73. The van der Waals surface area contributed by atoms with Crippen molar-refractivity contribution in [3.05, 3.63) is 0 Å². The van der Waals surface area contributed by atoms with Gasteiger partial charge in [-0.05, 0) is 14.1 Å². The maximum absolute atomic E-state index is 11.8. The van der Waals surface area contributed by atoms with E-state index in [1.165, 1.54) is 0 Å². The third-order valence-electron chi connectivity index (χ3n) is 3.73. The summed E-state index contributed by atoms with van der Waals surface area (Å²) < 4.78 is 5.31. The van der Waals surface area contributed by atoms with Crippen LogP contribution in [-0.4, -0.2) is 99.6 Å². The van der Waals surface area contributed by atoms with Crippen molar-refractivity contribution in [2.24, 2.45) is 0 Å². The molecule has 0 unspecified atom stereocenters. The van der Waals surface area contributed by atoms with E-state index in [-0.39, 0.29) is 11.8 Å². The van der Waals surface area contributed by atoms with E-state index in [1.807, 2.05) is 19.0 Å². The van der Waals surface area contributed by atoms with E-state index in [4.69, 9.17) is 4.74 Å². The van der Waals surface area contributed by atoms with Crippen LogP contribution in [0.1, 0.15) is 13.3 Å². The number of carbonyl (C=O) groups is 2. The Morgan fingerprint density at radius 3 is 2.41 bits per heavy atom. The summed E-state index contributed by atoms with van der Waals surface area (Å²) in [5.74, 6) is 0.0221. The van der Waals surface area contributed by atoms with Crippen LogP contribution in [0.2, 0.25) is 0 Å². The van der Waals surface area contributed by atoms with Crippen LogP contribution < -0.4 is 5.32 Å². The molecule has 1 N–H and O–H groups in total. The second-order valence-corrected chi connectivity index (χ2v) is 5.86. The fraction of sp³-hybridized carbons (Fsp3) is 0.867. The van der Waals surface area contributed by atoms with E-state index in [0.717, 1.165) is 39.4 Å².